The molecule has 4 rings (SSSR count). The number of hydrogen-bond donors (Lipinski definition) is 1. The minimum absolute atomic E-state index is 0.631. The fourth-order valence-electron chi connectivity index (χ4n) is 2.73. The van der Waals surface area contributed by atoms with Crippen LogP contribution >= 0.6 is 0 Å². The standard InChI is InChI=1S/C18H14N2O/c1-21-16-11-14(12-7-3-2-4-8-12)18-17(20-16)13-9-5-6-10-15(13)19-18/h2-11,19H,1H3. The lowest BCUT2D eigenvalue weighted by molar-refractivity contribution is 0.400. The number of rotatable bonds is 2. The summed E-state index contributed by atoms with van der Waals surface area (Å²) in [5.74, 6) is 0.631. The Morgan fingerprint density at radius 2 is 1.71 bits per heavy atom. The Hall–Kier alpha value is -2.81. The summed E-state index contributed by atoms with van der Waals surface area (Å²) in [6.07, 6.45) is 0. The molecule has 1 N–H and O–H groups in total. The van der Waals surface area contributed by atoms with Crippen LogP contribution in [0.15, 0.2) is 60.7 Å². The van der Waals surface area contributed by atoms with Crippen molar-refractivity contribution >= 4 is 21.9 Å². The predicted molar refractivity (Wildman–Crippen MR) is 85.6 cm³/mol. The highest BCUT2D eigenvalue weighted by molar-refractivity contribution is 6.09. The lowest BCUT2D eigenvalue weighted by Crippen LogP contribution is -1.90. The number of nitrogens with zero attached hydrogens (tertiary/aromatic N) is 1. The van der Waals surface area contributed by atoms with Crippen LogP contribution in [-0.4, -0.2) is 17.1 Å². The fraction of sp³-hybridized carbons (Fsp3) is 0.0556. The maximum absolute atomic E-state index is 5.38. The predicted octanol–water partition coefficient (Wildman–Crippen LogP) is 4.39. The molecule has 2 aromatic heterocycles. The van der Waals surface area contributed by atoms with Gasteiger partial charge in [0.05, 0.1) is 12.6 Å². The molecule has 0 aliphatic heterocycles. The number of nitrogens with one attached hydrogen (secondary N) is 1. The van der Waals surface area contributed by atoms with E-state index in [4.69, 9.17) is 4.74 Å². The molecule has 3 heteroatoms. The van der Waals surface area contributed by atoms with Gasteiger partial charge in [-0.2, -0.15) is 0 Å². The van der Waals surface area contributed by atoms with Crippen molar-refractivity contribution in [3.8, 4) is 17.0 Å². The molecule has 2 aromatic carbocycles. The molecule has 0 saturated heterocycles. The molecule has 0 radical (unpaired) electrons. The smallest absolute Gasteiger partial charge is 0.214 e. The molecule has 0 unspecified atom stereocenters. The van der Waals surface area contributed by atoms with Crippen molar-refractivity contribution in [2.24, 2.45) is 0 Å². The van der Waals surface area contributed by atoms with Crippen LogP contribution in [0.1, 0.15) is 0 Å². The van der Waals surface area contributed by atoms with Crippen LogP contribution in [0.2, 0.25) is 0 Å². The lowest BCUT2D eigenvalue weighted by Gasteiger charge is -2.06. The first-order chi connectivity index (χ1) is 10.4. The van der Waals surface area contributed by atoms with Gasteiger partial charge in [0.2, 0.25) is 5.88 Å². The van der Waals surface area contributed by atoms with Gasteiger partial charge in [-0.3, -0.25) is 0 Å². The van der Waals surface area contributed by atoms with Crippen molar-refractivity contribution in [3.05, 3.63) is 60.7 Å². The van der Waals surface area contributed by atoms with Crippen molar-refractivity contribution in [3.63, 3.8) is 0 Å². The van der Waals surface area contributed by atoms with Gasteiger partial charge in [-0.25, -0.2) is 4.98 Å². The third-order valence-electron chi connectivity index (χ3n) is 3.73. The summed E-state index contributed by atoms with van der Waals surface area (Å²) in [6.45, 7) is 0. The quantitative estimate of drug-likeness (QED) is 0.588. The second kappa shape index (κ2) is 4.63. The molecule has 21 heavy (non-hydrogen) atoms. The largest absolute Gasteiger partial charge is 0.481 e. The molecule has 0 amide bonds. The number of methoxy groups -OCH3 is 1. The number of fused-ring (bicyclic) bond motifs is 3. The van der Waals surface area contributed by atoms with Crippen LogP contribution in [-0.2, 0) is 0 Å². The summed E-state index contributed by atoms with van der Waals surface area (Å²) in [5, 5.41) is 1.11. The molecule has 0 spiro atoms. The Morgan fingerprint density at radius 1 is 0.952 bits per heavy atom. The number of benzene rings is 2. The Kier molecular flexibility index (Phi) is 2.64. The Morgan fingerprint density at radius 3 is 2.52 bits per heavy atom. The van der Waals surface area contributed by atoms with Crippen LogP contribution in [0.5, 0.6) is 5.88 Å². The molecule has 2 heterocycles. The fourth-order valence-corrected chi connectivity index (χ4v) is 2.73. The summed E-state index contributed by atoms with van der Waals surface area (Å²) in [5.41, 5.74) is 5.33. The highest BCUT2D eigenvalue weighted by Crippen LogP contribution is 2.34. The molecule has 4 aromatic rings. The van der Waals surface area contributed by atoms with E-state index >= 15 is 0 Å². The topological polar surface area (TPSA) is 37.9 Å². The van der Waals surface area contributed by atoms with E-state index in [2.05, 4.69) is 34.2 Å². The Bertz CT molecular complexity index is 926. The Labute approximate surface area is 122 Å². The molecule has 0 aliphatic carbocycles. The van der Waals surface area contributed by atoms with E-state index in [0.717, 1.165) is 33.1 Å². The summed E-state index contributed by atoms with van der Waals surface area (Å²) in [6, 6.07) is 20.5. The van der Waals surface area contributed by atoms with Crippen molar-refractivity contribution in [1.29, 1.82) is 0 Å². The van der Waals surface area contributed by atoms with Gasteiger partial charge in [-0.1, -0.05) is 48.5 Å². The zero-order valence-electron chi connectivity index (χ0n) is 11.6. The number of aromatic nitrogens is 2. The molecule has 0 atom stereocenters. The molecule has 0 bridgehead atoms. The minimum atomic E-state index is 0.631. The van der Waals surface area contributed by atoms with E-state index < -0.39 is 0 Å². The van der Waals surface area contributed by atoms with Crippen LogP contribution in [0.4, 0.5) is 0 Å². The summed E-state index contributed by atoms with van der Waals surface area (Å²) in [4.78, 5) is 8.09. The number of pyridine rings is 1. The van der Waals surface area contributed by atoms with Crippen LogP contribution in [0.3, 0.4) is 0 Å². The van der Waals surface area contributed by atoms with Gasteiger partial charge >= 0.3 is 0 Å². The third-order valence-corrected chi connectivity index (χ3v) is 3.73. The second-order valence-corrected chi connectivity index (χ2v) is 4.97. The van der Waals surface area contributed by atoms with E-state index in [1.165, 1.54) is 0 Å². The van der Waals surface area contributed by atoms with E-state index in [9.17, 15) is 0 Å². The van der Waals surface area contributed by atoms with Crippen molar-refractivity contribution in [2.75, 3.05) is 7.11 Å². The first-order valence-corrected chi connectivity index (χ1v) is 6.87. The third kappa shape index (κ3) is 1.86. The van der Waals surface area contributed by atoms with Gasteiger partial charge in [0.1, 0.15) is 5.52 Å². The van der Waals surface area contributed by atoms with Gasteiger partial charge in [0.15, 0.2) is 0 Å². The molecule has 102 valence electrons. The van der Waals surface area contributed by atoms with Gasteiger partial charge in [-0.05, 0) is 11.6 Å². The number of hydrogen-bond acceptors (Lipinski definition) is 2. The van der Waals surface area contributed by atoms with E-state index in [1.54, 1.807) is 7.11 Å². The molecule has 0 saturated carbocycles. The van der Waals surface area contributed by atoms with Crippen molar-refractivity contribution in [2.45, 2.75) is 0 Å². The van der Waals surface area contributed by atoms with Gasteiger partial charge < -0.3 is 9.72 Å². The molecular formula is C18H14N2O. The van der Waals surface area contributed by atoms with E-state index in [0.29, 0.717) is 5.88 Å². The van der Waals surface area contributed by atoms with Crippen LogP contribution < -0.4 is 4.74 Å². The van der Waals surface area contributed by atoms with E-state index in [-0.39, 0.29) is 0 Å². The zero-order chi connectivity index (χ0) is 14.2. The number of H-pyrrole nitrogens is 1. The first-order valence-electron chi connectivity index (χ1n) is 6.87. The summed E-state index contributed by atoms with van der Waals surface area (Å²) in [7, 11) is 1.65. The second-order valence-electron chi connectivity index (χ2n) is 4.97. The number of ether oxygens (including phenoxy) is 1. The molecule has 3 nitrogen and oxygen atoms in total. The monoisotopic (exact) mass is 274 g/mol. The zero-order valence-corrected chi connectivity index (χ0v) is 11.6. The average molecular weight is 274 g/mol. The van der Waals surface area contributed by atoms with Crippen LogP contribution in [0, 0.1) is 0 Å². The summed E-state index contributed by atoms with van der Waals surface area (Å²) >= 11 is 0. The highest BCUT2D eigenvalue weighted by Gasteiger charge is 2.13. The van der Waals surface area contributed by atoms with Crippen molar-refractivity contribution < 1.29 is 4.74 Å². The van der Waals surface area contributed by atoms with Gasteiger partial charge in [0, 0.05) is 22.5 Å². The summed E-state index contributed by atoms with van der Waals surface area (Å²) < 4.78 is 5.38. The van der Waals surface area contributed by atoms with Gasteiger partial charge in [-0.15, -0.1) is 0 Å². The normalized spacial score (nSPS) is 11.1. The maximum atomic E-state index is 5.38. The highest BCUT2D eigenvalue weighted by atomic mass is 16.5. The van der Waals surface area contributed by atoms with E-state index in [1.807, 2.05) is 36.4 Å². The van der Waals surface area contributed by atoms with Crippen molar-refractivity contribution in [1.82, 2.24) is 9.97 Å². The number of aromatic amines is 1. The minimum Gasteiger partial charge on any atom is -0.481 e. The van der Waals surface area contributed by atoms with Gasteiger partial charge in [0.25, 0.3) is 0 Å². The Balaban J connectivity index is 2.14. The SMILES string of the molecule is COc1cc(-c2ccccc2)c2[nH]c3ccccc3c2n1. The molecule has 0 aliphatic rings. The average Bonchev–Trinajstić information content (AvgIpc) is 2.93. The van der Waals surface area contributed by atoms with Crippen LogP contribution in [0.25, 0.3) is 33.1 Å². The molecular weight excluding hydrogens is 260 g/mol. The maximum Gasteiger partial charge on any atom is 0.214 e. The molecule has 0 fully saturated rings. The first kappa shape index (κ1) is 12.0. The number of para-hydroxylation sites is 1. The lowest BCUT2D eigenvalue weighted by atomic mass is 10.1.